The van der Waals surface area contributed by atoms with Crippen molar-refractivity contribution in [1.29, 1.82) is 0 Å². The molecule has 0 aliphatic rings. The first-order chi connectivity index (χ1) is 12.1. The van der Waals surface area contributed by atoms with Crippen molar-refractivity contribution in [2.45, 2.75) is 26.1 Å². The molecule has 0 spiro atoms. The fourth-order valence-corrected chi connectivity index (χ4v) is 2.04. The minimum absolute atomic E-state index is 0.0185. The van der Waals surface area contributed by atoms with Crippen LogP contribution in [0.1, 0.15) is 24.0 Å². The van der Waals surface area contributed by atoms with Crippen LogP contribution >= 0.6 is 0 Å². The van der Waals surface area contributed by atoms with E-state index in [0.717, 1.165) is 11.1 Å². The second-order valence-electron chi connectivity index (χ2n) is 5.45. The molecule has 2 rings (SSSR count). The highest BCUT2D eigenvalue weighted by Crippen LogP contribution is 2.05. The van der Waals surface area contributed by atoms with E-state index >= 15 is 0 Å². The van der Waals surface area contributed by atoms with Gasteiger partial charge in [0.1, 0.15) is 13.2 Å². The van der Waals surface area contributed by atoms with Crippen molar-refractivity contribution in [3.63, 3.8) is 0 Å². The summed E-state index contributed by atoms with van der Waals surface area (Å²) < 4.78 is 10.3. The highest BCUT2D eigenvalue weighted by molar-refractivity contribution is 5.74. The molecule has 130 valence electrons. The average molecular weight is 339 g/mol. The first-order valence-corrected chi connectivity index (χ1v) is 7.97. The molecule has 2 aromatic rings. The van der Waals surface area contributed by atoms with E-state index in [0.29, 0.717) is 0 Å². The number of carbonyl (C=O) groups excluding carboxylic acids is 2. The van der Waals surface area contributed by atoms with Crippen molar-refractivity contribution in [2.24, 2.45) is 5.73 Å². The third-order valence-corrected chi connectivity index (χ3v) is 3.36. The van der Waals surface area contributed by atoms with Crippen LogP contribution < -0.4 is 5.73 Å². The molecule has 0 aromatic heterocycles. The maximum Gasteiger partial charge on any atom is 0.312 e. The molecule has 0 aliphatic carbocycles. The van der Waals surface area contributed by atoms with Gasteiger partial charge in [0.2, 0.25) is 0 Å². The zero-order valence-electron chi connectivity index (χ0n) is 13.9. The smallest absolute Gasteiger partial charge is 0.312 e. The summed E-state index contributed by atoms with van der Waals surface area (Å²) in [5.74, 6) is -0.834. The summed E-state index contributed by atoms with van der Waals surface area (Å²) in [6.07, 6.45) is 1.44. The van der Waals surface area contributed by atoms with E-state index < -0.39 is 11.9 Å². The molecule has 0 atom stereocenters. The molecule has 2 aromatic carbocycles. The van der Waals surface area contributed by atoms with Gasteiger partial charge in [0, 0.05) is 5.70 Å². The third kappa shape index (κ3) is 7.35. The van der Waals surface area contributed by atoms with E-state index in [-0.39, 0.29) is 31.8 Å². The zero-order valence-corrected chi connectivity index (χ0v) is 13.9. The van der Waals surface area contributed by atoms with E-state index in [4.69, 9.17) is 15.2 Å². The van der Waals surface area contributed by atoms with Crippen LogP contribution in [0.4, 0.5) is 0 Å². The van der Waals surface area contributed by atoms with Gasteiger partial charge in [-0.25, -0.2) is 0 Å². The Balaban J connectivity index is 1.67. The molecule has 2 N–H and O–H groups in total. The number of ether oxygens (including phenoxy) is 2. The number of carbonyl (C=O) groups is 2. The third-order valence-electron chi connectivity index (χ3n) is 3.36. The van der Waals surface area contributed by atoms with E-state index in [9.17, 15) is 9.59 Å². The molecule has 0 saturated heterocycles. The number of benzene rings is 2. The predicted octanol–water partition coefficient (Wildman–Crippen LogP) is 3.10. The van der Waals surface area contributed by atoms with Crippen molar-refractivity contribution in [3.8, 4) is 0 Å². The lowest BCUT2D eigenvalue weighted by Gasteiger charge is -2.06. The lowest BCUT2D eigenvalue weighted by molar-refractivity contribution is -0.145. The predicted molar refractivity (Wildman–Crippen MR) is 94.0 cm³/mol. The maximum absolute atomic E-state index is 11.7. The fraction of sp³-hybridized carbons (Fsp3) is 0.200. The average Bonchev–Trinajstić information content (AvgIpc) is 2.65. The largest absolute Gasteiger partial charge is 0.461 e. The normalized spacial score (nSPS) is 11.0. The Kier molecular flexibility index (Phi) is 7.25. The van der Waals surface area contributed by atoms with Crippen LogP contribution in [0.15, 0.2) is 72.4 Å². The maximum atomic E-state index is 11.7. The van der Waals surface area contributed by atoms with Gasteiger partial charge >= 0.3 is 11.9 Å². The minimum Gasteiger partial charge on any atom is -0.461 e. The topological polar surface area (TPSA) is 78.6 Å². The number of nitrogens with two attached hydrogens (primary N) is 1. The lowest BCUT2D eigenvalue weighted by Crippen LogP contribution is -2.11. The SMILES string of the molecule is NC(=CCC(=O)OCc1ccccc1)CC(=O)OCc1ccccc1. The summed E-state index contributed by atoms with van der Waals surface area (Å²) in [6, 6.07) is 18.8. The summed E-state index contributed by atoms with van der Waals surface area (Å²) >= 11 is 0. The lowest BCUT2D eigenvalue weighted by atomic mass is 10.2. The Labute approximate surface area is 147 Å². The quantitative estimate of drug-likeness (QED) is 0.748. The monoisotopic (exact) mass is 339 g/mol. The van der Waals surface area contributed by atoms with Crippen molar-refractivity contribution in [2.75, 3.05) is 0 Å². The molecule has 0 radical (unpaired) electrons. The standard InChI is InChI=1S/C20H21NO4/c21-18(13-20(23)25-15-17-9-5-2-6-10-17)11-12-19(22)24-14-16-7-3-1-4-8-16/h1-11H,12-15,21H2. The van der Waals surface area contributed by atoms with Crippen LogP contribution in [0.2, 0.25) is 0 Å². The Morgan fingerprint density at radius 3 is 1.80 bits per heavy atom. The number of hydrogen-bond donors (Lipinski definition) is 1. The number of hydrogen-bond acceptors (Lipinski definition) is 5. The molecular formula is C20H21NO4. The van der Waals surface area contributed by atoms with E-state index in [1.165, 1.54) is 6.08 Å². The molecule has 5 heteroatoms. The van der Waals surface area contributed by atoms with Crippen molar-refractivity contribution in [3.05, 3.63) is 83.6 Å². The summed E-state index contributed by atoms with van der Waals surface area (Å²) in [6.45, 7) is 0.415. The molecule has 0 bridgehead atoms. The summed E-state index contributed by atoms with van der Waals surface area (Å²) in [4.78, 5) is 23.4. The second kappa shape index (κ2) is 9.93. The molecule has 25 heavy (non-hydrogen) atoms. The molecule has 0 amide bonds. The Hall–Kier alpha value is -3.08. The van der Waals surface area contributed by atoms with Gasteiger partial charge in [-0.1, -0.05) is 66.7 Å². The van der Waals surface area contributed by atoms with Gasteiger partial charge in [-0.15, -0.1) is 0 Å². The molecule has 0 unspecified atom stereocenters. The summed E-state index contributed by atoms with van der Waals surface area (Å²) in [7, 11) is 0. The van der Waals surface area contributed by atoms with E-state index in [1.54, 1.807) is 0 Å². The Morgan fingerprint density at radius 2 is 1.28 bits per heavy atom. The van der Waals surface area contributed by atoms with Crippen LogP contribution in [-0.4, -0.2) is 11.9 Å². The second-order valence-corrected chi connectivity index (χ2v) is 5.45. The van der Waals surface area contributed by atoms with Crippen LogP contribution in [0.3, 0.4) is 0 Å². The van der Waals surface area contributed by atoms with Gasteiger partial charge in [-0.3, -0.25) is 9.59 Å². The van der Waals surface area contributed by atoms with Crippen molar-refractivity contribution in [1.82, 2.24) is 0 Å². The van der Waals surface area contributed by atoms with Crippen LogP contribution in [0, 0.1) is 0 Å². The van der Waals surface area contributed by atoms with Crippen LogP contribution in [0.25, 0.3) is 0 Å². The van der Waals surface area contributed by atoms with Gasteiger partial charge in [-0.05, 0) is 11.1 Å². The van der Waals surface area contributed by atoms with Crippen LogP contribution in [-0.2, 0) is 32.3 Å². The van der Waals surface area contributed by atoms with Crippen molar-refractivity contribution < 1.29 is 19.1 Å². The first kappa shape index (κ1) is 18.3. The zero-order chi connectivity index (χ0) is 17.9. The molecule has 0 fully saturated rings. The van der Waals surface area contributed by atoms with E-state index in [1.807, 2.05) is 60.7 Å². The first-order valence-electron chi connectivity index (χ1n) is 7.97. The van der Waals surface area contributed by atoms with Gasteiger partial charge in [0.25, 0.3) is 0 Å². The molecule has 0 saturated carbocycles. The van der Waals surface area contributed by atoms with Crippen LogP contribution in [0.5, 0.6) is 0 Å². The molecule has 5 nitrogen and oxygen atoms in total. The van der Waals surface area contributed by atoms with Gasteiger partial charge in [0.05, 0.1) is 12.8 Å². The minimum atomic E-state index is -0.435. The molecular weight excluding hydrogens is 318 g/mol. The molecule has 0 aliphatic heterocycles. The van der Waals surface area contributed by atoms with Crippen molar-refractivity contribution >= 4 is 11.9 Å². The number of esters is 2. The Bertz CT molecular complexity index is 711. The summed E-state index contributed by atoms with van der Waals surface area (Å²) in [5.41, 5.74) is 7.86. The highest BCUT2D eigenvalue weighted by Gasteiger charge is 2.07. The van der Waals surface area contributed by atoms with Gasteiger partial charge in [-0.2, -0.15) is 0 Å². The number of rotatable bonds is 8. The molecule has 0 heterocycles. The Morgan fingerprint density at radius 1 is 0.800 bits per heavy atom. The summed E-state index contributed by atoms with van der Waals surface area (Å²) in [5, 5.41) is 0. The van der Waals surface area contributed by atoms with E-state index in [2.05, 4.69) is 0 Å². The fourth-order valence-electron chi connectivity index (χ4n) is 2.04. The van der Waals surface area contributed by atoms with Gasteiger partial charge in [0.15, 0.2) is 0 Å². The highest BCUT2D eigenvalue weighted by atomic mass is 16.5. The van der Waals surface area contributed by atoms with Gasteiger partial charge < -0.3 is 15.2 Å².